The maximum absolute atomic E-state index is 6.42. The summed E-state index contributed by atoms with van der Waals surface area (Å²) < 4.78 is 0. The highest BCUT2D eigenvalue weighted by Crippen LogP contribution is 2.31. The zero-order valence-electron chi connectivity index (χ0n) is 11.6. The molecule has 2 heteroatoms. The number of nitrogens with zero attached hydrogens (tertiary/aromatic N) is 1. The van der Waals surface area contributed by atoms with E-state index < -0.39 is 0 Å². The molecular weight excluding hydrogens is 230 g/mol. The molecule has 0 aliphatic heterocycles. The van der Waals surface area contributed by atoms with Gasteiger partial charge in [0.25, 0.3) is 0 Å². The molecule has 0 aliphatic carbocycles. The van der Waals surface area contributed by atoms with Crippen molar-refractivity contribution in [1.82, 2.24) is 4.98 Å². The topological polar surface area (TPSA) is 12.9 Å². The average molecular weight is 254 g/mol. The minimum atomic E-state index is 0.180. The Balaban J connectivity index is 2.50. The Hall–Kier alpha value is -0.560. The second-order valence-electron chi connectivity index (χ2n) is 6.13. The first-order valence-electron chi connectivity index (χ1n) is 6.34. The summed E-state index contributed by atoms with van der Waals surface area (Å²) in [6.45, 7) is 11.1. The van der Waals surface area contributed by atoms with Crippen molar-refractivity contribution in [2.45, 2.75) is 52.8 Å². The zero-order chi connectivity index (χ0) is 13.1. The van der Waals surface area contributed by atoms with Crippen LogP contribution in [0.2, 0.25) is 0 Å². The molecule has 0 saturated heterocycles. The molecule has 0 amide bonds. The normalized spacial score (nSPS) is 15.6. The number of aromatic nitrogens is 1. The van der Waals surface area contributed by atoms with Crippen LogP contribution in [0.3, 0.4) is 0 Å². The SMILES string of the molecule is Cc1ccc(CC(Cl)CC(C)C(C)(C)C)nc1. The quantitative estimate of drug-likeness (QED) is 0.714. The Bertz CT molecular complexity index is 337. The number of hydrogen-bond donors (Lipinski definition) is 0. The van der Waals surface area contributed by atoms with Crippen molar-refractivity contribution in [2.75, 3.05) is 0 Å². The van der Waals surface area contributed by atoms with Gasteiger partial charge in [0.1, 0.15) is 0 Å². The van der Waals surface area contributed by atoms with Gasteiger partial charge in [-0.2, -0.15) is 0 Å². The van der Waals surface area contributed by atoms with Crippen molar-refractivity contribution in [1.29, 1.82) is 0 Å². The third-order valence-electron chi connectivity index (χ3n) is 3.49. The maximum atomic E-state index is 6.42. The lowest BCUT2D eigenvalue weighted by Crippen LogP contribution is -2.21. The van der Waals surface area contributed by atoms with Crippen molar-refractivity contribution < 1.29 is 0 Å². The summed E-state index contributed by atoms with van der Waals surface area (Å²) >= 11 is 6.42. The molecule has 0 bridgehead atoms. The van der Waals surface area contributed by atoms with Gasteiger partial charge in [-0.1, -0.05) is 33.8 Å². The summed E-state index contributed by atoms with van der Waals surface area (Å²) in [5.41, 5.74) is 2.62. The first-order chi connectivity index (χ1) is 7.79. The van der Waals surface area contributed by atoms with Crippen LogP contribution in [0, 0.1) is 18.3 Å². The van der Waals surface area contributed by atoms with Gasteiger partial charge in [-0.05, 0) is 36.3 Å². The third kappa shape index (κ3) is 5.08. The largest absolute Gasteiger partial charge is 0.261 e. The van der Waals surface area contributed by atoms with Gasteiger partial charge < -0.3 is 0 Å². The van der Waals surface area contributed by atoms with E-state index in [-0.39, 0.29) is 5.38 Å². The van der Waals surface area contributed by atoms with Gasteiger partial charge in [0.05, 0.1) is 0 Å². The molecule has 2 atom stereocenters. The van der Waals surface area contributed by atoms with Gasteiger partial charge in [-0.3, -0.25) is 4.98 Å². The van der Waals surface area contributed by atoms with E-state index in [0.29, 0.717) is 11.3 Å². The predicted molar refractivity (Wildman–Crippen MR) is 75.6 cm³/mol. The molecule has 1 aromatic heterocycles. The highest BCUT2D eigenvalue weighted by atomic mass is 35.5. The van der Waals surface area contributed by atoms with Crippen molar-refractivity contribution in [2.24, 2.45) is 11.3 Å². The van der Waals surface area contributed by atoms with E-state index in [0.717, 1.165) is 18.5 Å². The Labute approximate surface area is 111 Å². The standard InChI is InChI=1S/C15H24ClN/c1-11-6-7-14(17-10-11)9-13(16)8-12(2)15(3,4)5/h6-7,10,12-13H,8-9H2,1-5H3. The lowest BCUT2D eigenvalue weighted by molar-refractivity contribution is 0.244. The van der Waals surface area contributed by atoms with Crippen molar-refractivity contribution in [3.63, 3.8) is 0 Å². The summed E-state index contributed by atoms with van der Waals surface area (Å²) in [6, 6.07) is 4.17. The lowest BCUT2D eigenvalue weighted by atomic mass is 9.79. The van der Waals surface area contributed by atoms with E-state index in [2.05, 4.69) is 51.7 Å². The van der Waals surface area contributed by atoms with Gasteiger partial charge in [0.2, 0.25) is 0 Å². The van der Waals surface area contributed by atoms with Crippen LogP contribution in [0.4, 0.5) is 0 Å². The van der Waals surface area contributed by atoms with Crippen LogP contribution < -0.4 is 0 Å². The number of hydrogen-bond acceptors (Lipinski definition) is 1. The second-order valence-corrected chi connectivity index (χ2v) is 6.75. The Kier molecular flexibility index (Phi) is 5.00. The first kappa shape index (κ1) is 14.5. The molecular formula is C15H24ClN. The fourth-order valence-electron chi connectivity index (χ4n) is 1.67. The molecule has 1 heterocycles. The maximum Gasteiger partial charge on any atom is 0.0418 e. The molecule has 17 heavy (non-hydrogen) atoms. The summed E-state index contributed by atoms with van der Waals surface area (Å²) in [6.07, 6.45) is 3.81. The van der Waals surface area contributed by atoms with Gasteiger partial charge in [-0.15, -0.1) is 11.6 Å². The molecule has 0 aliphatic rings. The van der Waals surface area contributed by atoms with E-state index in [1.165, 1.54) is 5.56 Å². The van der Waals surface area contributed by atoms with Gasteiger partial charge >= 0.3 is 0 Å². The summed E-state index contributed by atoms with van der Waals surface area (Å²) in [4.78, 5) is 4.40. The minimum absolute atomic E-state index is 0.180. The highest BCUT2D eigenvalue weighted by Gasteiger charge is 2.22. The molecule has 0 N–H and O–H groups in total. The van der Waals surface area contributed by atoms with Crippen LogP contribution in [-0.2, 0) is 6.42 Å². The molecule has 96 valence electrons. The Morgan fingerprint density at radius 3 is 2.41 bits per heavy atom. The van der Waals surface area contributed by atoms with Gasteiger partial charge in [0.15, 0.2) is 0 Å². The van der Waals surface area contributed by atoms with Crippen molar-refractivity contribution >= 4 is 11.6 Å². The van der Waals surface area contributed by atoms with Crippen LogP contribution in [0.25, 0.3) is 0 Å². The van der Waals surface area contributed by atoms with E-state index in [9.17, 15) is 0 Å². The summed E-state index contributed by atoms with van der Waals surface area (Å²) in [5, 5.41) is 0.180. The van der Waals surface area contributed by atoms with Crippen LogP contribution in [0.15, 0.2) is 18.3 Å². The smallest absolute Gasteiger partial charge is 0.0418 e. The summed E-state index contributed by atoms with van der Waals surface area (Å²) in [7, 11) is 0. The van der Waals surface area contributed by atoms with Gasteiger partial charge in [0, 0.05) is 23.7 Å². The molecule has 1 nitrogen and oxygen atoms in total. The number of rotatable bonds is 4. The molecule has 0 spiro atoms. The number of halogens is 1. The van der Waals surface area contributed by atoms with Gasteiger partial charge in [-0.25, -0.2) is 0 Å². The zero-order valence-corrected chi connectivity index (χ0v) is 12.4. The fraction of sp³-hybridized carbons (Fsp3) is 0.667. The van der Waals surface area contributed by atoms with E-state index in [1.54, 1.807) is 0 Å². The van der Waals surface area contributed by atoms with Crippen molar-refractivity contribution in [3.8, 4) is 0 Å². The number of alkyl halides is 1. The number of aryl methyl sites for hydroxylation is 1. The molecule has 0 aromatic carbocycles. The van der Waals surface area contributed by atoms with Crippen LogP contribution in [0.1, 0.15) is 45.4 Å². The van der Waals surface area contributed by atoms with E-state index >= 15 is 0 Å². The lowest BCUT2D eigenvalue weighted by Gasteiger charge is -2.28. The van der Waals surface area contributed by atoms with Crippen LogP contribution in [-0.4, -0.2) is 10.4 Å². The van der Waals surface area contributed by atoms with Crippen molar-refractivity contribution in [3.05, 3.63) is 29.6 Å². The summed E-state index contributed by atoms with van der Waals surface area (Å²) in [5.74, 6) is 0.621. The van der Waals surface area contributed by atoms with Crippen LogP contribution in [0.5, 0.6) is 0 Å². The monoisotopic (exact) mass is 253 g/mol. The third-order valence-corrected chi connectivity index (χ3v) is 3.82. The predicted octanol–water partition coefficient (Wildman–Crippen LogP) is 4.61. The molecule has 0 radical (unpaired) electrons. The Morgan fingerprint density at radius 1 is 1.29 bits per heavy atom. The molecule has 2 unspecified atom stereocenters. The highest BCUT2D eigenvalue weighted by molar-refractivity contribution is 6.20. The fourth-order valence-corrected chi connectivity index (χ4v) is 2.09. The Morgan fingerprint density at radius 2 is 1.94 bits per heavy atom. The molecule has 0 saturated carbocycles. The average Bonchev–Trinajstić information content (AvgIpc) is 2.20. The number of pyridine rings is 1. The molecule has 1 rings (SSSR count). The molecule has 1 aromatic rings. The first-order valence-corrected chi connectivity index (χ1v) is 6.78. The molecule has 0 fully saturated rings. The second kappa shape index (κ2) is 5.86. The van der Waals surface area contributed by atoms with E-state index in [1.807, 2.05) is 6.20 Å². The van der Waals surface area contributed by atoms with Crippen LogP contribution >= 0.6 is 11.6 Å². The minimum Gasteiger partial charge on any atom is -0.261 e. The van der Waals surface area contributed by atoms with E-state index in [4.69, 9.17) is 11.6 Å².